The Balaban J connectivity index is 2.17. The van der Waals surface area contributed by atoms with E-state index in [-0.39, 0.29) is 12.6 Å². The normalized spacial score (nSPS) is 20.6. The zero-order valence-corrected chi connectivity index (χ0v) is 8.33. The first-order chi connectivity index (χ1) is 7.35. The minimum absolute atomic E-state index is 0.118. The lowest BCUT2D eigenvalue weighted by molar-refractivity contribution is 0.112. The fourth-order valence-electron chi connectivity index (χ4n) is 1.83. The van der Waals surface area contributed by atoms with Crippen molar-refractivity contribution in [3.8, 4) is 0 Å². The second-order valence-corrected chi connectivity index (χ2v) is 3.61. The molecule has 1 saturated heterocycles. The highest BCUT2D eigenvalue weighted by atomic mass is 16.3. The average Bonchev–Trinajstić information content (AvgIpc) is 2.77. The Bertz CT molecular complexity index is 339. The molecule has 1 aliphatic rings. The molecule has 0 amide bonds. The molecule has 0 spiro atoms. The van der Waals surface area contributed by atoms with Crippen LogP contribution in [-0.4, -0.2) is 40.6 Å². The Morgan fingerprint density at radius 2 is 2.27 bits per heavy atom. The number of aliphatic hydroxyl groups is 1. The summed E-state index contributed by atoms with van der Waals surface area (Å²) in [6.45, 7) is 0.991. The second kappa shape index (κ2) is 4.35. The van der Waals surface area contributed by atoms with Gasteiger partial charge in [0.1, 0.15) is 0 Å². The highest BCUT2D eigenvalue weighted by molar-refractivity contribution is 5.73. The molecule has 1 aliphatic heterocycles. The second-order valence-electron chi connectivity index (χ2n) is 3.61. The van der Waals surface area contributed by atoms with Gasteiger partial charge in [0.2, 0.25) is 5.95 Å². The number of anilines is 1. The number of aldehydes is 1. The molecular weight excluding hydrogens is 194 g/mol. The summed E-state index contributed by atoms with van der Waals surface area (Å²) < 4.78 is 0. The summed E-state index contributed by atoms with van der Waals surface area (Å²) in [4.78, 5) is 20.6. The number of aliphatic hydroxyl groups excluding tert-OH is 1. The lowest BCUT2D eigenvalue weighted by Crippen LogP contribution is -2.33. The molecule has 0 bridgehead atoms. The van der Waals surface area contributed by atoms with Gasteiger partial charge in [0.15, 0.2) is 6.29 Å². The first-order valence-electron chi connectivity index (χ1n) is 5.00. The first-order valence-corrected chi connectivity index (χ1v) is 5.00. The number of carbonyl (C=O) groups excluding carboxylic acids is 1. The van der Waals surface area contributed by atoms with Crippen molar-refractivity contribution >= 4 is 12.2 Å². The molecule has 0 saturated carbocycles. The van der Waals surface area contributed by atoms with Gasteiger partial charge < -0.3 is 10.0 Å². The molecular formula is C10H13N3O2. The van der Waals surface area contributed by atoms with Crippen LogP contribution in [0.15, 0.2) is 12.4 Å². The van der Waals surface area contributed by atoms with E-state index >= 15 is 0 Å². The molecule has 1 aromatic rings. The molecule has 15 heavy (non-hydrogen) atoms. The molecule has 0 radical (unpaired) electrons. The molecule has 0 unspecified atom stereocenters. The van der Waals surface area contributed by atoms with E-state index in [4.69, 9.17) is 5.11 Å². The van der Waals surface area contributed by atoms with Crippen LogP contribution in [0.2, 0.25) is 0 Å². The van der Waals surface area contributed by atoms with Gasteiger partial charge in [0.25, 0.3) is 0 Å². The van der Waals surface area contributed by atoms with Gasteiger partial charge in [-0.3, -0.25) is 4.79 Å². The largest absolute Gasteiger partial charge is 0.394 e. The molecule has 80 valence electrons. The molecule has 1 atom stereocenters. The third-order valence-electron chi connectivity index (χ3n) is 2.64. The van der Waals surface area contributed by atoms with E-state index in [1.165, 1.54) is 12.4 Å². The highest BCUT2D eigenvalue weighted by Crippen LogP contribution is 2.21. The molecule has 1 aromatic heterocycles. The maximum absolute atomic E-state index is 10.4. The minimum atomic E-state index is 0.118. The minimum Gasteiger partial charge on any atom is -0.394 e. The van der Waals surface area contributed by atoms with Crippen LogP contribution in [0.25, 0.3) is 0 Å². The van der Waals surface area contributed by atoms with Gasteiger partial charge in [-0.2, -0.15) is 0 Å². The molecule has 5 heteroatoms. The zero-order chi connectivity index (χ0) is 10.7. The van der Waals surface area contributed by atoms with Crippen LogP contribution < -0.4 is 4.90 Å². The van der Waals surface area contributed by atoms with E-state index in [0.717, 1.165) is 25.7 Å². The third-order valence-corrected chi connectivity index (χ3v) is 2.64. The van der Waals surface area contributed by atoms with Crippen LogP contribution in [0.3, 0.4) is 0 Å². The maximum atomic E-state index is 10.4. The number of carbonyl (C=O) groups is 1. The highest BCUT2D eigenvalue weighted by Gasteiger charge is 2.25. The number of rotatable bonds is 3. The van der Waals surface area contributed by atoms with Crippen LogP contribution in [0.5, 0.6) is 0 Å². The van der Waals surface area contributed by atoms with Gasteiger partial charge in [0.05, 0.1) is 18.2 Å². The molecule has 1 fully saturated rings. The van der Waals surface area contributed by atoms with Crippen molar-refractivity contribution in [2.45, 2.75) is 18.9 Å². The van der Waals surface area contributed by atoms with Crippen molar-refractivity contribution < 1.29 is 9.90 Å². The van der Waals surface area contributed by atoms with Gasteiger partial charge in [-0.1, -0.05) is 0 Å². The topological polar surface area (TPSA) is 66.3 Å². The zero-order valence-electron chi connectivity index (χ0n) is 8.33. The summed E-state index contributed by atoms with van der Waals surface area (Å²) in [6, 6.07) is 0.118. The molecule has 2 heterocycles. The summed E-state index contributed by atoms with van der Waals surface area (Å²) in [7, 11) is 0. The van der Waals surface area contributed by atoms with E-state index in [0.29, 0.717) is 11.5 Å². The van der Waals surface area contributed by atoms with Crippen molar-refractivity contribution in [2.24, 2.45) is 0 Å². The first kappa shape index (κ1) is 10.0. The molecule has 0 aliphatic carbocycles. The summed E-state index contributed by atoms with van der Waals surface area (Å²) in [5, 5.41) is 9.15. The monoisotopic (exact) mass is 207 g/mol. The Morgan fingerprint density at radius 3 is 2.87 bits per heavy atom. The number of hydrogen-bond acceptors (Lipinski definition) is 5. The van der Waals surface area contributed by atoms with Crippen LogP contribution in [-0.2, 0) is 0 Å². The van der Waals surface area contributed by atoms with Crippen molar-refractivity contribution in [3.05, 3.63) is 18.0 Å². The van der Waals surface area contributed by atoms with Crippen molar-refractivity contribution in [1.29, 1.82) is 0 Å². The molecule has 0 aromatic carbocycles. The van der Waals surface area contributed by atoms with Crippen molar-refractivity contribution in [3.63, 3.8) is 0 Å². The maximum Gasteiger partial charge on any atom is 0.225 e. The molecule has 1 N–H and O–H groups in total. The predicted molar refractivity (Wildman–Crippen MR) is 54.9 cm³/mol. The van der Waals surface area contributed by atoms with E-state index < -0.39 is 0 Å². The third kappa shape index (κ3) is 1.97. The van der Waals surface area contributed by atoms with Crippen LogP contribution in [0.4, 0.5) is 5.95 Å². The number of aromatic nitrogens is 2. The van der Waals surface area contributed by atoms with Gasteiger partial charge in [0, 0.05) is 18.9 Å². The Morgan fingerprint density at radius 1 is 1.53 bits per heavy atom. The predicted octanol–water partition coefficient (Wildman–Crippen LogP) is 0.250. The van der Waals surface area contributed by atoms with Crippen LogP contribution >= 0.6 is 0 Å². The van der Waals surface area contributed by atoms with E-state index in [1.807, 2.05) is 4.90 Å². The van der Waals surface area contributed by atoms with Gasteiger partial charge in [-0.25, -0.2) is 9.97 Å². The molecule has 5 nitrogen and oxygen atoms in total. The van der Waals surface area contributed by atoms with Crippen LogP contribution in [0.1, 0.15) is 23.2 Å². The van der Waals surface area contributed by atoms with Gasteiger partial charge in [-0.05, 0) is 12.8 Å². The quantitative estimate of drug-likeness (QED) is 0.720. The molecule has 2 rings (SSSR count). The average molecular weight is 207 g/mol. The van der Waals surface area contributed by atoms with Crippen LogP contribution in [0, 0.1) is 0 Å². The summed E-state index contributed by atoms with van der Waals surface area (Å²) in [5.74, 6) is 0.595. The SMILES string of the molecule is O=Cc1cnc(N2CCC[C@H]2CO)nc1. The van der Waals surface area contributed by atoms with E-state index in [9.17, 15) is 4.79 Å². The number of nitrogens with zero attached hydrogens (tertiary/aromatic N) is 3. The summed E-state index contributed by atoms with van der Waals surface area (Å²) in [6.07, 6.45) is 5.74. The summed E-state index contributed by atoms with van der Waals surface area (Å²) in [5.41, 5.74) is 0.471. The lowest BCUT2D eigenvalue weighted by atomic mass is 10.2. The standard InChI is InChI=1S/C10H13N3O2/c14-6-8-4-11-10(12-5-8)13-3-1-2-9(13)7-15/h4-6,9,15H,1-3,7H2/t9-/m0/s1. The van der Waals surface area contributed by atoms with Crippen molar-refractivity contribution in [2.75, 3.05) is 18.1 Å². The van der Waals surface area contributed by atoms with Gasteiger partial charge >= 0.3 is 0 Å². The van der Waals surface area contributed by atoms with E-state index in [2.05, 4.69) is 9.97 Å². The Kier molecular flexibility index (Phi) is 2.91. The fourth-order valence-corrected chi connectivity index (χ4v) is 1.83. The smallest absolute Gasteiger partial charge is 0.225 e. The lowest BCUT2D eigenvalue weighted by Gasteiger charge is -2.22. The summed E-state index contributed by atoms with van der Waals surface area (Å²) >= 11 is 0. The Labute approximate surface area is 87.8 Å². The van der Waals surface area contributed by atoms with Crippen molar-refractivity contribution in [1.82, 2.24) is 9.97 Å². The fraction of sp³-hybridized carbons (Fsp3) is 0.500. The number of hydrogen-bond donors (Lipinski definition) is 1. The Hall–Kier alpha value is -1.49. The van der Waals surface area contributed by atoms with Gasteiger partial charge in [-0.15, -0.1) is 0 Å². The van der Waals surface area contributed by atoms with E-state index in [1.54, 1.807) is 0 Å².